The largest absolute Gasteiger partial charge is 0.297 e. The van der Waals surface area contributed by atoms with Gasteiger partial charge in [0.05, 0.1) is 12.1 Å². The molecule has 0 unspecified atom stereocenters. The molecule has 0 fully saturated rings. The summed E-state index contributed by atoms with van der Waals surface area (Å²) in [5, 5.41) is 1.96. The Kier molecular flexibility index (Phi) is 2.97. The molecule has 3 rings (SSSR count). The molecule has 0 saturated carbocycles. The van der Waals surface area contributed by atoms with Crippen molar-refractivity contribution < 1.29 is 4.79 Å². The molecular formula is C12H8BrN3OS. The van der Waals surface area contributed by atoms with E-state index in [1.165, 1.54) is 0 Å². The van der Waals surface area contributed by atoms with E-state index < -0.39 is 0 Å². The van der Waals surface area contributed by atoms with Crippen LogP contribution in [0, 0.1) is 0 Å². The molecule has 4 nitrogen and oxygen atoms in total. The summed E-state index contributed by atoms with van der Waals surface area (Å²) in [7, 11) is 0. The highest BCUT2D eigenvalue weighted by Crippen LogP contribution is 2.17. The van der Waals surface area contributed by atoms with Crippen molar-refractivity contribution in [3.8, 4) is 0 Å². The first-order valence-electron chi connectivity index (χ1n) is 5.29. The second kappa shape index (κ2) is 4.62. The van der Waals surface area contributed by atoms with Crippen molar-refractivity contribution in [1.82, 2.24) is 14.4 Å². The number of nitrogens with zero attached hydrogens (tertiary/aromatic N) is 3. The Bertz CT molecular complexity index is 690. The fourth-order valence-electron chi connectivity index (χ4n) is 1.70. The van der Waals surface area contributed by atoms with Gasteiger partial charge in [-0.15, -0.1) is 11.3 Å². The van der Waals surface area contributed by atoms with Gasteiger partial charge in [0.15, 0.2) is 10.7 Å². The molecule has 3 aromatic rings. The highest BCUT2D eigenvalue weighted by Gasteiger charge is 2.14. The first-order valence-corrected chi connectivity index (χ1v) is 6.96. The number of hydrogen-bond donors (Lipinski definition) is 0. The molecule has 0 N–H and O–H groups in total. The van der Waals surface area contributed by atoms with E-state index >= 15 is 0 Å². The summed E-state index contributed by atoms with van der Waals surface area (Å²) in [6, 6.07) is 3.60. The Labute approximate surface area is 115 Å². The van der Waals surface area contributed by atoms with Gasteiger partial charge in [-0.1, -0.05) is 0 Å². The monoisotopic (exact) mass is 321 g/mol. The fourth-order valence-corrected chi connectivity index (χ4v) is 2.90. The number of aromatic nitrogens is 3. The number of carbonyl (C=O) groups is 1. The van der Waals surface area contributed by atoms with Crippen molar-refractivity contribution in [2.75, 3.05) is 0 Å². The Balaban J connectivity index is 1.87. The van der Waals surface area contributed by atoms with E-state index in [-0.39, 0.29) is 12.2 Å². The van der Waals surface area contributed by atoms with Crippen molar-refractivity contribution in [1.29, 1.82) is 0 Å². The second-order valence-corrected chi connectivity index (χ2v) is 5.49. The average Bonchev–Trinajstić information content (AvgIpc) is 2.90. The molecule has 0 bridgehead atoms. The summed E-state index contributed by atoms with van der Waals surface area (Å²) < 4.78 is 2.64. The number of ketones is 1. The van der Waals surface area contributed by atoms with Crippen molar-refractivity contribution in [3.63, 3.8) is 0 Å². The lowest BCUT2D eigenvalue weighted by atomic mass is 10.1. The van der Waals surface area contributed by atoms with Crippen LogP contribution in [0.1, 0.15) is 16.2 Å². The third-order valence-electron chi connectivity index (χ3n) is 2.51. The van der Waals surface area contributed by atoms with Gasteiger partial charge in [0.25, 0.3) is 0 Å². The summed E-state index contributed by atoms with van der Waals surface area (Å²) in [5.41, 5.74) is 1.22. The summed E-state index contributed by atoms with van der Waals surface area (Å²) in [4.78, 5) is 21.5. The molecule has 0 aliphatic carbocycles. The number of fused-ring (bicyclic) bond motifs is 1. The van der Waals surface area contributed by atoms with Crippen LogP contribution in [0.25, 0.3) is 4.96 Å². The number of pyridine rings is 1. The second-order valence-electron chi connectivity index (χ2n) is 3.76. The highest BCUT2D eigenvalue weighted by atomic mass is 79.9. The lowest BCUT2D eigenvalue weighted by Gasteiger charge is -2.00. The number of halogens is 1. The smallest absolute Gasteiger partial charge is 0.193 e. The van der Waals surface area contributed by atoms with Crippen LogP contribution in [0.4, 0.5) is 0 Å². The summed E-state index contributed by atoms with van der Waals surface area (Å²) in [6.45, 7) is 0. The SMILES string of the molecule is O=C(Cc1cn2ccsc2n1)c1ncccc1Br. The number of Topliss-reactive ketones (excluding diaryl/α,β-unsaturated/α-hetero) is 1. The van der Waals surface area contributed by atoms with Crippen molar-refractivity contribution in [3.05, 3.63) is 52.0 Å². The summed E-state index contributed by atoms with van der Waals surface area (Å²) in [6.07, 6.45) is 5.69. The molecule has 0 aliphatic heterocycles. The van der Waals surface area contributed by atoms with Gasteiger partial charge >= 0.3 is 0 Å². The zero-order valence-corrected chi connectivity index (χ0v) is 11.6. The number of hydrogen-bond acceptors (Lipinski definition) is 4. The lowest BCUT2D eigenvalue weighted by Crippen LogP contribution is -2.07. The van der Waals surface area contributed by atoms with E-state index in [1.54, 1.807) is 23.6 Å². The van der Waals surface area contributed by atoms with E-state index in [2.05, 4.69) is 25.9 Å². The first-order chi connectivity index (χ1) is 8.74. The molecule has 18 heavy (non-hydrogen) atoms. The van der Waals surface area contributed by atoms with Gasteiger partial charge in [0.2, 0.25) is 0 Å². The van der Waals surface area contributed by atoms with Crippen LogP contribution >= 0.6 is 27.3 Å². The van der Waals surface area contributed by atoms with Crippen LogP contribution < -0.4 is 0 Å². The number of thiazole rings is 1. The first kappa shape index (κ1) is 11.6. The Morgan fingerprint density at radius 1 is 1.50 bits per heavy atom. The van der Waals surface area contributed by atoms with Crippen molar-refractivity contribution in [2.45, 2.75) is 6.42 Å². The van der Waals surface area contributed by atoms with Crippen LogP contribution in [0.2, 0.25) is 0 Å². The maximum absolute atomic E-state index is 12.1. The van der Waals surface area contributed by atoms with Gasteiger partial charge < -0.3 is 0 Å². The van der Waals surface area contributed by atoms with Crippen LogP contribution in [0.5, 0.6) is 0 Å². The van der Waals surface area contributed by atoms with E-state index in [9.17, 15) is 4.79 Å². The van der Waals surface area contributed by atoms with Gasteiger partial charge in [-0.3, -0.25) is 14.2 Å². The standard InChI is InChI=1S/C12H8BrN3OS/c13-9-2-1-3-14-11(9)10(17)6-8-7-16-4-5-18-12(16)15-8/h1-5,7H,6H2. The zero-order valence-electron chi connectivity index (χ0n) is 9.21. The van der Waals surface area contributed by atoms with Crippen LogP contribution in [0.15, 0.2) is 40.6 Å². The molecule has 0 atom stereocenters. The number of imidazole rings is 1. The van der Waals surface area contributed by atoms with E-state index in [4.69, 9.17) is 0 Å². The zero-order chi connectivity index (χ0) is 12.5. The van der Waals surface area contributed by atoms with Crippen LogP contribution in [-0.4, -0.2) is 20.2 Å². The normalized spacial score (nSPS) is 10.9. The topological polar surface area (TPSA) is 47.3 Å². The predicted molar refractivity (Wildman–Crippen MR) is 73.0 cm³/mol. The van der Waals surface area contributed by atoms with E-state index in [0.29, 0.717) is 5.69 Å². The van der Waals surface area contributed by atoms with Gasteiger partial charge in [0.1, 0.15) is 5.69 Å². The predicted octanol–water partition coefficient (Wildman–Crippen LogP) is 2.98. The Hall–Kier alpha value is -1.53. The van der Waals surface area contributed by atoms with Crippen molar-refractivity contribution >= 4 is 38.0 Å². The van der Waals surface area contributed by atoms with Gasteiger partial charge in [-0.2, -0.15) is 0 Å². The number of carbonyl (C=O) groups excluding carboxylic acids is 1. The molecule has 3 aromatic heterocycles. The minimum absolute atomic E-state index is 0.0340. The molecule has 0 amide bonds. The maximum Gasteiger partial charge on any atom is 0.193 e. The molecule has 90 valence electrons. The van der Waals surface area contributed by atoms with E-state index in [1.807, 2.05) is 28.2 Å². The molecule has 3 heterocycles. The average molecular weight is 322 g/mol. The van der Waals surface area contributed by atoms with Gasteiger partial charge in [-0.05, 0) is 28.1 Å². The van der Waals surface area contributed by atoms with Crippen LogP contribution in [0.3, 0.4) is 0 Å². The van der Waals surface area contributed by atoms with Gasteiger partial charge in [-0.25, -0.2) is 4.98 Å². The highest BCUT2D eigenvalue weighted by molar-refractivity contribution is 9.10. The Morgan fingerprint density at radius 2 is 2.39 bits per heavy atom. The van der Waals surface area contributed by atoms with Crippen LogP contribution in [-0.2, 0) is 6.42 Å². The molecule has 6 heteroatoms. The molecule has 0 radical (unpaired) electrons. The molecular weight excluding hydrogens is 314 g/mol. The fraction of sp³-hybridized carbons (Fsp3) is 0.0833. The molecule has 0 aliphatic rings. The molecule has 0 spiro atoms. The summed E-state index contributed by atoms with van der Waals surface area (Å²) >= 11 is 4.88. The Morgan fingerprint density at radius 3 is 3.17 bits per heavy atom. The third kappa shape index (κ3) is 2.09. The minimum atomic E-state index is -0.0340. The van der Waals surface area contributed by atoms with E-state index in [0.717, 1.165) is 15.1 Å². The molecule has 0 saturated heterocycles. The number of rotatable bonds is 3. The quantitative estimate of drug-likeness (QED) is 0.697. The minimum Gasteiger partial charge on any atom is -0.297 e. The van der Waals surface area contributed by atoms with Gasteiger partial charge in [0, 0.05) is 28.4 Å². The summed E-state index contributed by atoms with van der Waals surface area (Å²) in [5.74, 6) is -0.0340. The third-order valence-corrected chi connectivity index (χ3v) is 3.92. The molecule has 0 aromatic carbocycles. The lowest BCUT2D eigenvalue weighted by molar-refractivity contribution is 0.0986. The maximum atomic E-state index is 12.1. The van der Waals surface area contributed by atoms with Crippen molar-refractivity contribution in [2.24, 2.45) is 0 Å².